The SMILES string of the molecule is Cc1noc(C)c1COc1ccc(CC(=O)N2CCCN(C)CC2)cc1. The van der Waals surface area contributed by atoms with Crippen LogP contribution in [0.5, 0.6) is 5.75 Å². The van der Waals surface area contributed by atoms with E-state index in [0.717, 1.165) is 60.9 Å². The van der Waals surface area contributed by atoms with Crippen molar-refractivity contribution in [3.63, 3.8) is 0 Å². The summed E-state index contributed by atoms with van der Waals surface area (Å²) in [6.07, 6.45) is 1.48. The molecule has 3 rings (SSSR count). The van der Waals surface area contributed by atoms with Gasteiger partial charge in [0, 0.05) is 19.6 Å². The minimum atomic E-state index is 0.199. The summed E-state index contributed by atoms with van der Waals surface area (Å²) in [7, 11) is 2.11. The van der Waals surface area contributed by atoms with Crippen molar-refractivity contribution >= 4 is 5.91 Å². The van der Waals surface area contributed by atoms with Crippen molar-refractivity contribution in [2.45, 2.75) is 33.3 Å². The predicted octanol–water partition coefficient (Wildman–Crippen LogP) is 2.58. The van der Waals surface area contributed by atoms with E-state index in [4.69, 9.17) is 9.26 Å². The molecule has 6 nitrogen and oxygen atoms in total. The van der Waals surface area contributed by atoms with Gasteiger partial charge in [0.05, 0.1) is 17.7 Å². The molecule has 1 aliphatic rings. The molecule has 0 aliphatic carbocycles. The van der Waals surface area contributed by atoms with Gasteiger partial charge < -0.3 is 19.1 Å². The molecule has 2 aromatic rings. The first-order valence-corrected chi connectivity index (χ1v) is 9.12. The number of rotatable bonds is 5. The van der Waals surface area contributed by atoms with Crippen LogP contribution in [0.3, 0.4) is 0 Å². The third-order valence-corrected chi connectivity index (χ3v) is 4.92. The molecule has 1 saturated heterocycles. The summed E-state index contributed by atoms with van der Waals surface area (Å²) in [6.45, 7) is 7.89. The number of amides is 1. The topological polar surface area (TPSA) is 58.8 Å². The first-order chi connectivity index (χ1) is 12.5. The van der Waals surface area contributed by atoms with Gasteiger partial charge in [-0.3, -0.25) is 4.79 Å². The average Bonchev–Trinajstić information content (AvgIpc) is 2.82. The van der Waals surface area contributed by atoms with Gasteiger partial charge in [0.25, 0.3) is 0 Å². The highest BCUT2D eigenvalue weighted by Gasteiger charge is 2.17. The third-order valence-electron chi connectivity index (χ3n) is 4.92. The van der Waals surface area contributed by atoms with Gasteiger partial charge in [-0.1, -0.05) is 17.3 Å². The molecule has 0 spiro atoms. The van der Waals surface area contributed by atoms with Crippen LogP contribution in [-0.2, 0) is 17.8 Å². The van der Waals surface area contributed by atoms with E-state index in [1.165, 1.54) is 0 Å². The van der Waals surface area contributed by atoms with Crippen molar-refractivity contribution in [3.8, 4) is 5.75 Å². The zero-order valence-electron chi connectivity index (χ0n) is 15.8. The summed E-state index contributed by atoms with van der Waals surface area (Å²) < 4.78 is 11.0. The highest BCUT2D eigenvalue weighted by Crippen LogP contribution is 2.18. The number of nitrogens with zero attached hydrogens (tertiary/aromatic N) is 3. The molecule has 0 bridgehead atoms. The number of hydrogen-bond donors (Lipinski definition) is 0. The van der Waals surface area contributed by atoms with Crippen LogP contribution in [0.2, 0.25) is 0 Å². The molecule has 0 radical (unpaired) electrons. The van der Waals surface area contributed by atoms with E-state index in [1.54, 1.807) is 0 Å². The second-order valence-corrected chi connectivity index (χ2v) is 6.95. The number of aryl methyl sites for hydroxylation is 2. The summed E-state index contributed by atoms with van der Waals surface area (Å²) in [4.78, 5) is 16.8. The molecule has 1 fully saturated rings. The first kappa shape index (κ1) is 18.5. The Morgan fingerprint density at radius 1 is 1.15 bits per heavy atom. The lowest BCUT2D eigenvalue weighted by Gasteiger charge is -2.20. The van der Waals surface area contributed by atoms with Gasteiger partial charge in [-0.25, -0.2) is 0 Å². The van der Waals surface area contributed by atoms with E-state index in [9.17, 15) is 4.79 Å². The zero-order chi connectivity index (χ0) is 18.5. The number of hydrogen-bond acceptors (Lipinski definition) is 5. The molecule has 0 unspecified atom stereocenters. The average molecular weight is 357 g/mol. The number of likely N-dealkylation sites (N-methyl/N-ethyl adjacent to an activating group) is 1. The second-order valence-electron chi connectivity index (χ2n) is 6.95. The summed E-state index contributed by atoms with van der Waals surface area (Å²) in [6, 6.07) is 7.75. The van der Waals surface area contributed by atoms with Crippen LogP contribution < -0.4 is 4.74 Å². The summed E-state index contributed by atoms with van der Waals surface area (Å²) in [5.74, 6) is 1.76. The lowest BCUT2D eigenvalue weighted by atomic mass is 10.1. The van der Waals surface area contributed by atoms with Crippen molar-refractivity contribution in [1.29, 1.82) is 0 Å². The number of carbonyl (C=O) groups is 1. The van der Waals surface area contributed by atoms with Crippen molar-refractivity contribution in [1.82, 2.24) is 15.0 Å². The van der Waals surface area contributed by atoms with E-state index in [-0.39, 0.29) is 5.91 Å². The fraction of sp³-hybridized carbons (Fsp3) is 0.500. The van der Waals surface area contributed by atoms with Crippen molar-refractivity contribution in [2.75, 3.05) is 33.2 Å². The molecular formula is C20H27N3O3. The maximum atomic E-state index is 12.5. The second kappa shape index (κ2) is 8.36. The fourth-order valence-corrected chi connectivity index (χ4v) is 3.15. The van der Waals surface area contributed by atoms with Crippen LogP contribution in [-0.4, -0.2) is 54.1 Å². The Kier molecular flexibility index (Phi) is 5.93. The van der Waals surface area contributed by atoms with E-state index < -0.39 is 0 Å². The largest absolute Gasteiger partial charge is 0.489 e. The van der Waals surface area contributed by atoms with Gasteiger partial charge in [-0.05, 0) is 51.6 Å². The van der Waals surface area contributed by atoms with E-state index in [2.05, 4.69) is 17.1 Å². The highest BCUT2D eigenvalue weighted by molar-refractivity contribution is 5.78. The van der Waals surface area contributed by atoms with Crippen molar-refractivity contribution in [2.24, 2.45) is 0 Å². The smallest absolute Gasteiger partial charge is 0.227 e. The Morgan fingerprint density at radius 3 is 2.62 bits per heavy atom. The van der Waals surface area contributed by atoms with Crippen molar-refractivity contribution < 1.29 is 14.1 Å². The molecule has 1 aromatic heterocycles. The highest BCUT2D eigenvalue weighted by atomic mass is 16.5. The van der Waals surface area contributed by atoms with Gasteiger partial charge in [-0.2, -0.15) is 0 Å². The van der Waals surface area contributed by atoms with E-state index in [1.807, 2.05) is 43.0 Å². The van der Waals surface area contributed by atoms with Crippen LogP contribution in [0.25, 0.3) is 0 Å². The lowest BCUT2D eigenvalue weighted by molar-refractivity contribution is -0.130. The first-order valence-electron chi connectivity index (χ1n) is 9.12. The molecule has 6 heteroatoms. The monoisotopic (exact) mass is 357 g/mol. The maximum absolute atomic E-state index is 12.5. The number of benzene rings is 1. The van der Waals surface area contributed by atoms with E-state index in [0.29, 0.717) is 13.0 Å². The molecule has 1 aliphatic heterocycles. The Balaban J connectivity index is 1.53. The van der Waals surface area contributed by atoms with Crippen molar-refractivity contribution in [3.05, 3.63) is 46.8 Å². The summed E-state index contributed by atoms with van der Waals surface area (Å²) in [5, 5.41) is 3.93. The van der Waals surface area contributed by atoms with Crippen LogP contribution in [0.15, 0.2) is 28.8 Å². The standard InChI is InChI=1S/C20H27N3O3/c1-15-19(16(2)26-21-15)14-25-18-7-5-17(6-8-18)13-20(24)23-10-4-9-22(3)11-12-23/h5-8H,4,9-14H2,1-3H3. The lowest BCUT2D eigenvalue weighted by Crippen LogP contribution is -2.35. The summed E-state index contributed by atoms with van der Waals surface area (Å²) in [5.41, 5.74) is 2.85. The molecule has 0 N–H and O–H groups in total. The maximum Gasteiger partial charge on any atom is 0.227 e. The Bertz CT molecular complexity index is 720. The number of ether oxygens (including phenoxy) is 1. The molecule has 1 aromatic carbocycles. The predicted molar refractivity (Wildman–Crippen MR) is 99.1 cm³/mol. The Labute approximate surface area is 154 Å². The van der Waals surface area contributed by atoms with Crippen LogP contribution in [0.4, 0.5) is 0 Å². The fourth-order valence-electron chi connectivity index (χ4n) is 3.15. The van der Waals surface area contributed by atoms with Crippen LogP contribution >= 0.6 is 0 Å². The zero-order valence-corrected chi connectivity index (χ0v) is 15.8. The minimum absolute atomic E-state index is 0.199. The number of carbonyl (C=O) groups excluding carboxylic acids is 1. The minimum Gasteiger partial charge on any atom is -0.489 e. The van der Waals surface area contributed by atoms with Crippen LogP contribution in [0.1, 0.15) is 29.0 Å². The summed E-state index contributed by atoms with van der Waals surface area (Å²) >= 11 is 0. The van der Waals surface area contributed by atoms with Gasteiger partial charge in [0.2, 0.25) is 5.91 Å². The molecule has 0 atom stereocenters. The Hall–Kier alpha value is -2.34. The Morgan fingerprint density at radius 2 is 1.92 bits per heavy atom. The van der Waals surface area contributed by atoms with Gasteiger partial charge >= 0.3 is 0 Å². The van der Waals surface area contributed by atoms with E-state index >= 15 is 0 Å². The molecule has 26 heavy (non-hydrogen) atoms. The molecule has 0 saturated carbocycles. The van der Waals surface area contributed by atoms with Crippen LogP contribution in [0, 0.1) is 13.8 Å². The number of aromatic nitrogens is 1. The van der Waals surface area contributed by atoms with Gasteiger partial charge in [0.1, 0.15) is 18.1 Å². The molecule has 2 heterocycles. The quantitative estimate of drug-likeness (QED) is 0.823. The molecule has 1 amide bonds. The third kappa shape index (κ3) is 4.64. The molecular weight excluding hydrogens is 330 g/mol. The van der Waals surface area contributed by atoms with Gasteiger partial charge in [0.15, 0.2) is 0 Å². The normalized spacial score (nSPS) is 15.7. The van der Waals surface area contributed by atoms with Gasteiger partial charge in [-0.15, -0.1) is 0 Å². The molecule has 140 valence electrons.